The summed E-state index contributed by atoms with van der Waals surface area (Å²) in [4.78, 5) is 53.4. The molecule has 6 rings (SSSR count). The van der Waals surface area contributed by atoms with Gasteiger partial charge < -0.3 is 10.2 Å². The van der Waals surface area contributed by atoms with Crippen LogP contribution in [0.25, 0.3) is 22.0 Å². The third-order valence-electron chi connectivity index (χ3n) is 7.51. The van der Waals surface area contributed by atoms with E-state index in [0.717, 1.165) is 29.5 Å². The summed E-state index contributed by atoms with van der Waals surface area (Å²) in [6.07, 6.45) is 4.00. The van der Waals surface area contributed by atoms with Crippen LogP contribution in [0.1, 0.15) is 61.4 Å². The highest BCUT2D eigenvalue weighted by atomic mass is 79.9. The highest BCUT2D eigenvalue weighted by molar-refractivity contribution is 9.10. The van der Waals surface area contributed by atoms with E-state index in [2.05, 4.69) is 41.3 Å². The fourth-order valence-electron chi connectivity index (χ4n) is 5.28. The lowest BCUT2D eigenvalue weighted by Gasteiger charge is -2.24. The lowest BCUT2D eigenvalue weighted by atomic mass is 10.0. The smallest absolute Gasteiger partial charge is 0.248 e. The quantitative estimate of drug-likeness (QED) is 0.217. The molecule has 2 fully saturated rings. The van der Waals surface area contributed by atoms with Crippen LogP contribution in [0.2, 0.25) is 0 Å². The van der Waals surface area contributed by atoms with Gasteiger partial charge in [0.25, 0.3) is 0 Å². The molecule has 0 radical (unpaired) electrons. The van der Waals surface area contributed by atoms with Crippen molar-refractivity contribution >= 4 is 50.2 Å². The molecular formula is C30H31BrFN7O3. The van der Waals surface area contributed by atoms with Crippen LogP contribution in [-0.4, -0.2) is 66.0 Å². The fourth-order valence-corrected chi connectivity index (χ4v) is 5.59. The van der Waals surface area contributed by atoms with Gasteiger partial charge in [-0.15, -0.1) is 0 Å². The molecule has 0 spiro atoms. The number of halogens is 2. The molecule has 1 saturated carbocycles. The van der Waals surface area contributed by atoms with Crippen molar-refractivity contribution in [3.63, 3.8) is 0 Å². The summed E-state index contributed by atoms with van der Waals surface area (Å²) in [7, 11) is 0. The van der Waals surface area contributed by atoms with Crippen LogP contribution in [0.3, 0.4) is 0 Å². The Morgan fingerprint density at radius 2 is 1.83 bits per heavy atom. The van der Waals surface area contributed by atoms with E-state index in [1.165, 1.54) is 16.5 Å². The van der Waals surface area contributed by atoms with Crippen molar-refractivity contribution in [1.82, 2.24) is 29.6 Å². The Hall–Kier alpha value is -4.06. The zero-order chi connectivity index (χ0) is 28.8. The highest BCUT2D eigenvalue weighted by Gasteiger charge is 2.40. The number of Topliss-reactive ketones (excluding diaryl/α,β-unsaturated/α-hetero) is 1. The molecule has 12 heteroatoms. The number of pyridine rings is 1. The summed E-state index contributed by atoms with van der Waals surface area (Å²) < 4.78 is 16.6. The molecule has 0 unspecified atom stereocenters. The number of alkyl halides is 1. The van der Waals surface area contributed by atoms with E-state index in [4.69, 9.17) is 0 Å². The summed E-state index contributed by atoms with van der Waals surface area (Å²) in [5, 5.41) is 7.85. The number of amides is 2. The molecule has 0 bridgehead atoms. The van der Waals surface area contributed by atoms with E-state index in [1.54, 1.807) is 25.4 Å². The Morgan fingerprint density at radius 3 is 2.52 bits per heavy atom. The van der Waals surface area contributed by atoms with Crippen LogP contribution in [0.5, 0.6) is 0 Å². The first kappa shape index (κ1) is 29.4. The standard InChI is InChI=1S/C29H27BrFN7O3.CH4/c1-15(39)27-22-9-18(19-11-32-16(2)33-12-19)5-7-23(22)38(36-27)14-26(40)37-13-20(31)10-24(37)29(41)35-28-21(17-3-4-17)6-8-25(30)34-28;/h5-9,11-12,17,20,24H,3-4,10,13-14H2,1-2H3,(H,34,35,41);1H4/t20-,24+;/m1./s1. The Balaban J connectivity index is 0.00000353. The number of nitrogens with one attached hydrogen (secondary N) is 1. The van der Waals surface area contributed by atoms with E-state index in [9.17, 15) is 18.8 Å². The molecule has 218 valence electrons. The molecule has 10 nitrogen and oxygen atoms in total. The minimum absolute atomic E-state index is 0. The van der Waals surface area contributed by atoms with E-state index in [1.807, 2.05) is 24.3 Å². The number of fused-ring (bicyclic) bond motifs is 1. The van der Waals surface area contributed by atoms with Gasteiger partial charge in [0.1, 0.15) is 40.7 Å². The fraction of sp³-hybridized carbons (Fsp3) is 0.367. The van der Waals surface area contributed by atoms with E-state index >= 15 is 0 Å². The largest absolute Gasteiger partial charge is 0.326 e. The molecule has 2 aliphatic rings. The number of ketones is 1. The van der Waals surface area contributed by atoms with Gasteiger partial charge in [-0.05, 0) is 70.9 Å². The number of aryl methyl sites for hydroxylation is 1. The van der Waals surface area contributed by atoms with Crippen molar-refractivity contribution in [2.45, 2.75) is 65.2 Å². The van der Waals surface area contributed by atoms with Gasteiger partial charge in [-0.1, -0.05) is 19.6 Å². The van der Waals surface area contributed by atoms with Crippen molar-refractivity contribution in [3.05, 3.63) is 64.4 Å². The maximum atomic E-state index is 14.6. The van der Waals surface area contributed by atoms with Crippen LogP contribution in [0.15, 0.2) is 47.3 Å². The topological polar surface area (TPSA) is 123 Å². The molecule has 1 aliphatic carbocycles. The highest BCUT2D eigenvalue weighted by Crippen LogP contribution is 2.43. The Kier molecular flexibility index (Phi) is 8.18. The van der Waals surface area contributed by atoms with Crippen molar-refractivity contribution in [2.24, 2.45) is 0 Å². The minimum atomic E-state index is -1.34. The minimum Gasteiger partial charge on any atom is -0.326 e. The third-order valence-corrected chi connectivity index (χ3v) is 7.95. The lowest BCUT2D eigenvalue weighted by Crippen LogP contribution is -2.44. The first-order valence-corrected chi connectivity index (χ1v) is 14.2. The summed E-state index contributed by atoms with van der Waals surface area (Å²) in [6.45, 7) is 2.75. The zero-order valence-corrected chi connectivity index (χ0v) is 24.1. The lowest BCUT2D eigenvalue weighted by molar-refractivity contribution is -0.137. The van der Waals surface area contributed by atoms with Gasteiger partial charge in [0.05, 0.1) is 12.1 Å². The van der Waals surface area contributed by atoms with Gasteiger partial charge in [0.15, 0.2) is 5.78 Å². The first-order valence-electron chi connectivity index (χ1n) is 13.4. The van der Waals surface area contributed by atoms with Gasteiger partial charge in [0.2, 0.25) is 11.8 Å². The van der Waals surface area contributed by atoms with Gasteiger partial charge in [-0.25, -0.2) is 19.3 Å². The average Bonchev–Trinajstić information content (AvgIpc) is 3.61. The van der Waals surface area contributed by atoms with Gasteiger partial charge in [0, 0.05) is 36.7 Å². The Bertz CT molecular complexity index is 1690. The van der Waals surface area contributed by atoms with Crippen LogP contribution in [0.4, 0.5) is 10.2 Å². The van der Waals surface area contributed by atoms with Gasteiger partial charge in [-0.2, -0.15) is 5.10 Å². The van der Waals surface area contributed by atoms with E-state index in [-0.39, 0.29) is 38.4 Å². The second-order valence-corrected chi connectivity index (χ2v) is 11.4. The number of hydrogen-bond donors (Lipinski definition) is 1. The Labute approximate surface area is 250 Å². The zero-order valence-electron chi connectivity index (χ0n) is 22.5. The molecule has 42 heavy (non-hydrogen) atoms. The molecule has 4 heterocycles. The van der Waals surface area contributed by atoms with Gasteiger partial charge >= 0.3 is 0 Å². The summed E-state index contributed by atoms with van der Waals surface area (Å²) in [6, 6.07) is 8.20. The molecule has 1 N–H and O–H groups in total. The van der Waals surface area contributed by atoms with Crippen molar-refractivity contribution in [2.75, 3.05) is 11.9 Å². The molecule has 1 aromatic carbocycles. The summed E-state index contributed by atoms with van der Waals surface area (Å²) >= 11 is 3.35. The molecule has 1 aliphatic heterocycles. The molecular weight excluding hydrogens is 605 g/mol. The van der Waals surface area contributed by atoms with Crippen LogP contribution < -0.4 is 5.32 Å². The number of nitrogens with zero attached hydrogens (tertiary/aromatic N) is 6. The normalized spacial score (nSPS) is 18.1. The summed E-state index contributed by atoms with van der Waals surface area (Å²) in [5.74, 6) is 0.209. The monoisotopic (exact) mass is 635 g/mol. The molecule has 3 aromatic heterocycles. The Morgan fingerprint density at radius 1 is 1.10 bits per heavy atom. The first-order chi connectivity index (χ1) is 19.7. The SMILES string of the molecule is C.CC(=O)c1nn(CC(=O)N2C[C@H](F)C[C@H]2C(=O)Nc2nc(Br)ccc2C2CC2)c2ccc(-c3cnc(C)nc3)cc12. The predicted molar refractivity (Wildman–Crippen MR) is 160 cm³/mol. The van der Waals surface area contributed by atoms with Crippen LogP contribution in [-0.2, 0) is 16.1 Å². The van der Waals surface area contributed by atoms with E-state index in [0.29, 0.717) is 33.1 Å². The average molecular weight is 637 g/mol. The number of carbonyl (C=O) groups is 3. The number of aromatic nitrogens is 5. The van der Waals surface area contributed by atoms with Crippen LogP contribution >= 0.6 is 15.9 Å². The van der Waals surface area contributed by atoms with E-state index < -0.39 is 24.0 Å². The third kappa shape index (κ3) is 5.80. The number of benzene rings is 1. The second-order valence-electron chi connectivity index (χ2n) is 10.5. The number of hydrogen-bond acceptors (Lipinski definition) is 7. The van der Waals surface area contributed by atoms with Crippen molar-refractivity contribution < 1.29 is 18.8 Å². The number of carbonyl (C=O) groups excluding carboxylic acids is 3. The molecule has 4 aromatic rings. The maximum Gasteiger partial charge on any atom is 0.248 e. The van der Waals surface area contributed by atoms with Gasteiger partial charge in [-0.3, -0.25) is 19.1 Å². The van der Waals surface area contributed by atoms with Crippen molar-refractivity contribution in [3.8, 4) is 11.1 Å². The maximum absolute atomic E-state index is 14.6. The summed E-state index contributed by atoms with van der Waals surface area (Å²) in [5.41, 5.74) is 3.31. The number of rotatable bonds is 7. The molecule has 2 amide bonds. The van der Waals surface area contributed by atoms with Crippen LogP contribution in [0, 0.1) is 6.92 Å². The van der Waals surface area contributed by atoms with Crippen molar-refractivity contribution in [1.29, 1.82) is 0 Å². The number of likely N-dealkylation sites (tertiary alicyclic amines) is 1. The predicted octanol–water partition coefficient (Wildman–Crippen LogP) is 5.25. The second kappa shape index (κ2) is 11.7. The molecule has 1 saturated heterocycles. The number of anilines is 1. The molecule has 2 atom stereocenters.